The third-order valence-electron chi connectivity index (χ3n) is 12.9. The molecule has 0 bridgehead atoms. The summed E-state index contributed by atoms with van der Waals surface area (Å²) in [6, 6.07) is 53.1. The number of rotatable bonds is 11. The van der Waals surface area contributed by atoms with Crippen LogP contribution in [-0.2, 0) is 21.1 Å². The van der Waals surface area contributed by atoms with E-state index >= 15 is 0 Å². The summed E-state index contributed by atoms with van der Waals surface area (Å²) in [6.45, 7) is 19.8. The van der Waals surface area contributed by atoms with E-state index in [0.29, 0.717) is 17.1 Å². The summed E-state index contributed by atoms with van der Waals surface area (Å²) in [5, 5.41) is 2.17. The molecule has 0 N–H and O–H groups in total. The molecule has 2 aromatic heterocycles. The number of anilines is 4. The fraction of sp³-hybridized carbons (Fsp3) is 0.200. The molecule has 68 heavy (non-hydrogen) atoms. The van der Waals surface area contributed by atoms with E-state index in [1.165, 1.54) is 28.8 Å². The van der Waals surface area contributed by atoms with Crippen molar-refractivity contribution in [3.05, 3.63) is 198 Å². The van der Waals surface area contributed by atoms with Gasteiger partial charge in [-0.2, -0.15) is 6.07 Å². The van der Waals surface area contributed by atoms with E-state index in [1.54, 1.807) is 0 Å². The van der Waals surface area contributed by atoms with Gasteiger partial charge in [-0.25, -0.2) is 13.8 Å². The van der Waals surface area contributed by atoms with Crippen molar-refractivity contribution in [2.75, 3.05) is 9.80 Å². The number of pyridine rings is 1. The Morgan fingerprint density at radius 1 is 0.529 bits per heavy atom. The number of ether oxygens (including phenoxy) is 1. The molecule has 0 aliphatic carbocycles. The molecule has 346 valence electrons. The van der Waals surface area contributed by atoms with Crippen LogP contribution < -0.4 is 14.5 Å². The van der Waals surface area contributed by atoms with Crippen LogP contribution in [0.4, 0.5) is 31.5 Å². The smallest absolute Gasteiger partial charge is 0.135 e. The minimum absolute atomic E-state index is 0. The van der Waals surface area contributed by atoms with Crippen LogP contribution in [-0.4, -0.2) is 9.55 Å². The Balaban J connectivity index is 0.00000578. The number of aromatic nitrogens is 2. The molecule has 3 heterocycles. The Morgan fingerprint density at radius 3 is 1.76 bits per heavy atom. The van der Waals surface area contributed by atoms with Gasteiger partial charge in [0.05, 0.1) is 0 Å². The third kappa shape index (κ3) is 8.51. The molecule has 1 aliphatic heterocycles. The second-order valence-corrected chi connectivity index (χ2v) is 18.8. The Labute approximate surface area is 413 Å². The van der Waals surface area contributed by atoms with Gasteiger partial charge in [0.15, 0.2) is 0 Å². The number of fused-ring (bicyclic) bond motifs is 4. The number of para-hydroxylation sites is 3. The van der Waals surface area contributed by atoms with Crippen LogP contribution in [0.25, 0.3) is 49.9 Å². The Bertz CT molecular complexity index is 3250. The van der Waals surface area contributed by atoms with Crippen LogP contribution in [0.3, 0.4) is 0 Å². The zero-order chi connectivity index (χ0) is 46.7. The second kappa shape index (κ2) is 18.8. The molecule has 10 rings (SSSR count). The maximum atomic E-state index is 14.6. The fourth-order valence-electron chi connectivity index (χ4n) is 9.73. The maximum absolute atomic E-state index is 14.6. The predicted octanol–water partition coefficient (Wildman–Crippen LogP) is 17.1. The second-order valence-electron chi connectivity index (χ2n) is 18.8. The average molecular weight is 1080 g/mol. The molecule has 5 nitrogen and oxygen atoms in total. The third-order valence-corrected chi connectivity index (χ3v) is 12.9. The monoisotopic (exact) mass is 1080 g/mol. The minimum atomic E-state index is -0.599. The summed E-state index contributed by atoms with van der Waals surface area (Å²) in [6.07, 6.45) is 1.81. The van der Waals surface area contributed by atoms with Crippen molar-refractivity contribution >= 4 is 44.6 Å². The zero-order valence-electron chi connectivity index (χ0n) is 39.5. The summed E-state index contributed by atoms with van der Waals surface area (Å²) < 4.78 is 38.4. The SMILES string of the molecule is CC(C)c1cccc(C(C)C)c1-c1cc(Oc2[c-]c3c(cc2)c2ccccc2n3-c2ccccn2)[c-]c(N2[CH-]N(c3c(C(C)C)cc(-c4cc(F)cc(F)c4)cc3C(C)C)c3ccccc32)c1.[Pt]. The number of hydrogen-bond donors (Lipinski definition) is 0. The van der Waals surface area contributed by atoms with Gasteiger partial charge in [-0.15, -0.1) is 53.6 Å². The first-order chi connectivity index (χ1) is 32.3. The van der Waals surface area contributed by atoms with Crippen LogP contribution in [0, 0.1) is 30.4 Å². The number of hydrogen-bond acceptors (Lipinski definition) is 4. The van der Waals surface area contributed by atoms with Gasteiger partial charge in [0.1, 0.15) is 17.5 Å². The summed E-state index contributed by atoms with van der Waals surface area (Å²) in [5.74, 6) is 1.41. The van der Waals surface area contributed by atoms with Crippen molar-refractivity contribution in [3.8, 4) is 39.6 Å². The number of nitrogens with zero attached hydrogens (tertiary/aromatic N) is 4. The summed E-state index contributed by atoms with van der Waals surface area (Å²) >= 11 is 0. The van der Waals surface area contributed by atoms with Gasteiger partial charge < -0.3 is 19.1 Å². The molecule has 0 amide bonds. The van der Waals surface area contributed by atoms with Gasteiger partial charge in [0.2, 0.25) is 0 Å². The molecule has 8 heteroatoms. The van der Waals surface area contributed by atoms with Crippen LogP contribution >= 0.6 is 0 Å². The van der Waals surface area contributed by atoms with Crippen LogP contribution in [0.1, 0.15) is 101 Å². The zero-order valence-corrected chi connectivity index (χ0v) is 41.8. The quantitative estimate of drug-likeness (QED) is 0.121. The number of halogens is 2. The molecule has 0 atom stereocenters. The molecular weight excluding hydrogens is 1030 g/mol. The Kier molecular flexibility index (Phi) is 12.9. The van der Waals surface area contributed by atoms with Crippen LogP contribution in [0.5, 0.6) is 11.5 Å². The Hall–Kier alpha value is -6.56. The molecule has 7 aromatic carbocycles. The van der Waals surface area contributed by atoms with E-state index in [2.05, 4.69) is 180 Å². The van der Waals surface area contributed by atoms with Crippen molar-refractivity contribution in [2.45, 2.75) is 79.1 Å². The largest absolute Gasteiger partial charge is 0.509 e. The van der Waals surface area contributed by atoms with E-state index in [0.717, 1.165) is 78.7 Å². The molecule has 0 radical (unpaired) electrons. The summed E-state index contributed by atoms with van der Waals surface area (Å²) in [7, 11) is 0. The average Bonchev–Trinajstić information content (AvgIpc) is 3.86. The van der Waals surface area contributed by atoms with Gasteiger partial charge >= 0.3 is 0 Å². The first-order valence-corrected chi connectivity index (χ1v) is 23.3. The van der Waals surface area contributed by atoms with Gasteiger partial charge in [-0.05, 0) is 123 Å². The van der Waals surface area contributed by atoms with Crippen LogP contribution in [0.15, 0.2) is 146 Å². The topological polar surface area (TPSA) is 33.5 Å². The molecule has 0 spiro atoms. The minimum Gasteiger partial charge on any atom is -0.509 e. The Morgan fingerprint density at radius 2 is 1.13 bits per heavy atom. The van der Waals surface area contributed by atoms with Gasteiger partial charge in [-0.1, -0.05) is 116 Å². The first kappa shape index (κ1) is 46.5. The standard InChI is InChI=1S/C60H53F2N4O.Pt/c1-36(2)48-17-15-18-49(37(3)4)59(48)42-28-45(33-47(29-42)67-46-23-24-51-50-16-9-10-19-54(50)66(57(51)34-46)58-22-13-14-25-63-58)64-35-65(56-21-12-11-20-55(56)64)60-52(38(5)6)30-41(31-53(60)39(7)8)40-26-43(61)32-44(62)27-40;/h9-32,35-39H,1-8H3;/q-3;. The molecular formula is C60H53F2N4OPt-3. The van der Waals surface area contributed by atoms with Crippen molar-refractivity contribution in [1.29, 1.82) is 0 Å². The van der Waals surface area contributed by atoms with E-state index < -0.39 is 11.6 Å². The maximum Gasteiger partial charge on any atom is 0.135 e. The van der Waals surface area contributed by atoms with E-state index in [9.17, 15) is 8.78 Å². The van der Waals surface area contributed by atoms with Gasteiger partial charge in [0.25, 0.3) is 0 Å². The van der Waals surface area contributed by atoms with Crippen molar-refractivity contribution in [3.63, 3.8) is 0 Å². The van der Waals surface area contributed by atoms with Crippen molar-refractivity contribution < 1.29 is 34.6 Å². The van der Waals surface area contributed by atoms with E-state index in [-0.39, 0.29) is 44.7 Å². The summed E-state index contributed by atoms with van der Waals surface area (Å²) in [5.41, 5.74) is 13.9. The molecule has 0 saturated heterocycles. The van der Waals surface area contributed by atoms with E-state index in [1.807, 2.05) is 36.5 Å². The number of benzene rings is 7. The fourth-order valence-corrected chi connectivity index (χ4v) is 9.73. The van der Waals surface area contributed by atoms with Gasteiger partial charge in [-0.3, -0.25) is 0 Å². The van der Waals surface area contributed by atoms with Gasteiger partial charge in [0, 0.05) is 67.4 Å². The van der Waals surface area contributed by atoms with Crippen molar-refractivity contribution in [2.24, 2.45) is 0 Å². The summed E-state index contributed by atoms with van der Waals surface area (Å²) in [4.78, 5) is 9.21. The molecule has 0 fully saturated rings. The molecule has 0 saturated carbocycles. The molecule has 0 unspecified atom stereocenters. The van der Waals surface area contributed by atoms with E-state index in [4.69, 9.17) is 9.72 Å². The first-order valence-electron chi connectivity index (χ1n) is 23.3. The molecule has 9 aromatic rings. The van der Waals surface area contributed by atoms with Crippen molar-refractivity contribution in [1.82, 2.24) is 9.55 Å². The molecule has 1 aliphatic rings. The normalized spacial score (nSPS) is 12.6. The van der Waals surface area contributed by atoms with Crippen LogP contribution in [0.2, 0.25) is 0 Å². The predicted molar refractivity (Wildman–Crippen MR) is 271 cm³/mol.